The largest absolute Gasteiger partial charge is 0.494 e. The first-order valence-corrected chi connectivity index (χ1v) is 16.5. The fourth-order valence-electron chi connectivity index (χ4n) is 4.88. The normalized spacial score (nSPS) is 16.4. The Kier molecular flexibility index (Phi) is 11.8. The molecule has 0 radical (unpaired) electrons. The van der Waals surface area contributed by atoms with Crippen molar-refractivity contribution in [3.05, 3.63) is 86.7 Å². The minimum absolute atomic E-state index is 0.172. The van der Waals surface area contributed by atoms with E-state index in [9.17, 15) is 9.59 Å². The highest BCUT2D eigenvalue weighted by Crippen LogP contribution is 2.37. The second-order valence-electron chi connectivity index (χ2n) is 10.4. The lowest BCUT2D eigenvalue weighted by Gasteiger charge is -2.26. The van der Waals surface area contributed by atoms with Crippen molar-refractivity contribution in [2.24, 2.45) is 0 Å². The molecule has 2 aliphatic rings. The van der Waals surface area contributed by atoms with Crippen LogP contribution in [0.1, 0.15) is 28.8 Å². The summed E-state index contributed by atoms with van der Waals surface area (Å²) in [5.74, 6) is 0.0690. The van der Waals surface area contributed by atoms with Gasteiger partial charge in [-0.1, -0.05) is 59.3 Å². The van der Waals surface area contributed by atoms with Crippen LogP contribution in [0.25, 0.3) is 17.2 Å². The molecule has 0 atom stereocenters. The molecule has 0 saturated carbocycles. The molecule has 0 bridgehead atoms. The van der Waals surface area contributed by atoms with Crippen LogP contribution >= 0.6 is 47.2 Å². The van der Waals surface area contributed by atoms with Crippen LogP contribution in [-0.4, -0.2) is 83.7 Å². The Bertz CT molecular complexity index is 1580. The highest BCUT2D eigenvalue weighted by molar-refractivity contribution is 8.26. The molecule has 12 heteroatoms. The Morgan fingerprint density at radius 2 is 1.62 bits per heavy atom. The molecule has 236 valence electrons. The lowest BCUT2D eigenvalue weighted by Crippen LogP contribution is -2.37. The first-order chi connectivity index (χ1) is 21.8. The molecule has 2 heterocycles. The van der Waals surface area contributed by atoms with Crippen LogP contribution in [-0.2, 0) is 9.53 Å². The molecular weight excluding hydrogens is 655 g/mol. The molecule has 1 amide bonds. The number of aromatic carboxylic acids is 1. The number of ether oxygens (including phenoxy) is 3. The summed E-state index contributed by atoms with van der Waals surface area (Å²) in [4.78, 5) is 28.9. The number of hydrogen-bond acceptors (Lipinski definition) is 8. The van der Waals surface area contributed by atoms with E-state index >= 15 is 0 Å². The van der Waals surface area contributed by atoms with E-state index in [1.807, 2.05) is 36.4 Å². The Morgan fingerprint density at radius 1 is 0.933 bits per heavy atom. The predicted octanol–water partition coefficient (Wildman–Crippen LogP) is 7.13. The number of benzene rings is 3. The molecule has 2 saturated heterocycles. The van der Waals surface area contributed by atoms with Gasteiger partial charge < -0.3 is 19.3 Å². The molecule has 0 spiro atoms. The number of carbonyl (C=O) groups is 2. The number of carboxylic acid groups (broad SMARTS) is 1. The van der Waals surface area contributed by atoms with Crippen molar-refractivity contribution in [3.8, 4) is 22.6 Å². The van der Waals surface area contributed by atoms with Gasteiger partial charge in [-0.15, -0.1) is 0 Å². The van der Waals surface area contributed by atoms with Gasteiger partial charge in [-0.2, -0.15) is 0 Å². The third-order valence-electron chi connectivity index (χ3n) is 7.30. The fourth-order valence-corrected chi connectivity index (χ4v) is 6.48. The van der Waals surface area contributed by atoms with Gasteiger partial charge >= 0.3 is 5.97 Å². The number of morpholine rings is 1. The van der Waals surface area contributed by atoms with Crippen LogP contribution in [0.4, 0.5) is 0 Å². The number of halogens is 2. The molecule has 0 aromatic heterocycles. The van der Waals surface area contributed by atoms with Gasteiger partial charge in [0.05, 0.1) is 46.9 Å². The van der Waals surface area contributed by atoms with Gasteiger partial charge in [-0.25, -0.2) is 4.79 Å². The first kappa shape index (κ1) is 33.2. The van der Waals surface area contributed by atoms with Gasteiger partial charge in [0.1, 0.15) is 15.8 Å². The summed E-state index contributed by atoms with van der Waals surface area (Å²) < 4.78 is 17.9. The van der Waals surface area contributed by atoms with E-state index in [1.165, 1.54) is 23.9 Å². The molecule has 45 heavy (non-hydrogen) atoms. The lowest BCUT2D eigenvalue weighted by molar-refractivity contribution is -0.122. The van der Waals surface area contributed by atoms with E-state index in [1.54, 1.807) is 23.1 Å². The third-order valence-corrected chi connectivity index (χ3v) is 9.42. The number of nitrogens with zero attached hydrogens (tertiary/aromatic N) is 2. The van der Waals surface area contributed by atoms with Crippen LogP contribution in [0.5, 0.6) is 11.5 Å². The zero-order chi connectivity index (χ0) is 31.8. The SMILES string of the molecule is O=C(O)c1ccc(OCCCN2C(=O)/C(=C/c3cc(-c4ccc(Cl)c(Cl)c4)ccc3OCCCN3CCOCC3)SC2=S)cc1. The van der Waals surface area contributed by atoms with E-state index in [-0.39, 0.29) is 11.5 Å². The van der Waals surface area contributed by atoms with E-state index in [0.717, 1.165) is 56.0 Å². The summed E-state index contributed by atoms with van der Waals surface area (Å²) in [6.45, 7) is 5.57. The van der Waals surface area contributed by atoms with Crippen LogP contribution in [0, 0.1) is 0 Å². The second-order valence-corrected chi connectivity index (χ2v) is 12.9. The summed E-state index contributed by atoms with van der Waals surface area (Å²) in [7, 11) is 0. The molecule has 5 rings (SSSR count). The average molecular weight is 688 g/mol. The quantitative estimate of drug-likeness (QED) is 0.115. The summed E-state index contributed by atoms with van der Waals surface area (Å²) >= 11 is 19.3. The molecule has 2 aliphatic heterocycles. The van der Waals surface area contributed by atoms with Crippen LogP contribution in [0.3, 0.4) is 0 Å². The molecule has 3 aromatic rings. The molecule has 0 unspecified atom stereocenters. The number of rotatable bonds is 13. The second kappa shape index (κ2) is 15.9. The molecule has 1 N–H and O–H groups in total. The number of thiocarbonyl (C=S) groups is 1. The maximum Gasteiger partial charge on any atom is 0.335 e. The minimum atomic E-state index is -0.993. The standard InChI is InChI=1S/C33H32Cl2N2O6S2/c34-27-9-5-24(20-28(27)35)23-6-10-29(43-16-1-11-36-13-17-41-18-14-36)25(19-23)21-30-31(38)37(33(44)45-30)12-2-15-42-26-7-3-22(4-8-26)32(39)40/h3-10,19-21H,1-2,11-18H2,(H,39,40)/b30-21-. The maximum atomic E-state index is 13.4. The van der Waals surface area contributed by atoms with E-state index in [4.69, 9.17) is 54.7 Å². The number of hydrogen-bond donors (Lipinski definition) is 1. The molecule has 3 aromatic carbocycles. The van der Waals surface area contributed by atoms with Gasteiger partial charge in [-0.05, 0) is 78.6 Å². The van der Waals surface area contributed by atoms with Crippen molar-refractivity contribution in [2.75, 3.05) is 52.6 Å². The summed E-state index contributed by atoms with van der Waals surface area (Å²) in [6, 6.07) is 17.5. The van der Waals surface area contributed by atoms with Crippen molar-refractivity contribution in [1.29, 1.82) is 0 Å². The average Bonchev–Trinajstić information content (AvgIpc) is 3.31. The fraction of sp³-hybridized carbons (Fsp3) is 0.303. The summed E-state index contributed by atoms with van der Waals surface area (Å²) in [5, 5.41) is 9.99. The highest BCUT2D eigenvalue weighted by Gasteiger charge is 2.32. The first-order valence-electron chi connectivity index (χ1n) is 14.5. The Balaban J connectivity index is 1.26. The van der Waals surface area contributed by atoms with Crippen molar-refractivity contribution < 1.29 is 28.9 Å². The molecule has 8 nitrogen and oxygen atoms in total. The Labute approximate surface area is 281 Å². The van der Waals surface area contributed by atoms with Gasteiger partial charge in [0.25, 0.3) is 5.91 Å². The summed E-state index contributed by atoms with van der Waals surface area (Å²) in [6.07, 6.45) is 3.24. The van der Waals surface area contributed by atoms with E-state index < -0.39 is 5.97 Å². The van der Waals surface area contributed by atoms with Gasteiger partial charge in [0, 0.05) is 31.7 Å². The highest BCUT2D eigenvalue weighted by atomic mass is 35.5. The predicted molar refractivity (Wildman–Crippen MR) is 183 cm³/mol. The van der Waals surface area contributed by atoms with Crippen molar-refractivity contribution in [1.82, 2.24) is 9.80 Å². The molecule has 2 fully saturated rings. The minimum Gasteiger partial charge on any atom is -0.494 e. The number of thioether (sulfide) groups is 1. The maximum absolute atomic E-state index is 13.4. The van der Waals surface area contributed by atoms with E-state index in [2.05, 4.69) is 4.90 Å². The van der Waals surface area contributed by atoms with Crippen molar-refractivity contribution in [2.45, 2.75) is 12.8 Å². The number of amides is 1. The summed E-state index contributed by atoms with van der Waals surface area (Å²) in [5.41, 5.74) is 2.75. The molecular formula is C33H32Cl2N2O6S2. The van der Waals surface area contributed by atoms with Gasteiger partial charge in [0.2, 0.25) is 0 Å². The lowest BCUT2D eigenvalue weighted by atomic mass is 10.0. The van der Waals surface area contributed by atoms with E-state index in [0.29, 0.717) is 56.9 Å². The number of carbonyl (C=O) groups excluding carboxylic acids is 1. The smallest absolute Gasteiger partial charge is 0.335 e. The topological polar surface area (TPSA) is 88.5 Å². The Hall–Kier alpha value is -3.12. The molecule has 0 aliphatic carbocycles. The monoisotopic (exact) mass is 686 g/mol. The zero-order valence-electron chi connectivity index (χ0n) is 24.4. The third kappa shape index (κ3) is 9.00. The van der Waals surface area contributed by atoms with Crippen LogP contribution in [0.15, 0.2) is 65.6 Å². The van der Waals surface area contributed by atoms with Crippen LogP contribution in [0.2, 0.25) is 10.0 Å². The van der Waals surface area contributed by atoms with Crippen LogP contribution < -0.4 is 9.47 Å². The van der Waals surface area contributed by atoms with Gasteiger partial charge in [-0.3, -0.25) is 14.6 Å². The van der Waals surface area contributed by atoms with Crippen molar-refractivity contribution in [3.63, 3.8) is 0 Å². The number of carboxylic acids is 1. The zero-order valence-corrected chi connectivity index (χ0v) is 27.5. The van der Waals surface area contributed by atoms with Gasteiger partial charge in [0.15, 0.2) is 0 Å². The Morgan fingerprint density at radius 3 is 2.36 bits per heavy atom. The van der Waals surface area contributed by atoms with Crippen molar-refractivity contribution >= 4 is 69.5 Å².